The number of esters is 1. The van der Waals surface area contributed by atoms with E-state index in [9.17, 15) is 24.3 Å². The van der Waals surface area contributed by atoms with Gasteiger partial charge in [0.15, 0.2) is 0 Å². The van der Waals surface area contributed by atoms with Crippen LogP contribution in [0, 0.1) is 11.3 Å². The number of hydrogen-bond acceptors (Lipinski definition) is 7. The average molecular weight is 622 g/mol. The number of alkyl carbamates (subject to hydrolysis) is 1. The maximum absolute atomic E-state index is 13.4. The van der Waals surface area contributed by atoms with E-state index in [0.29, 0.717) is 6.42 Å². The normalized spacial score (nSPS) is 13.7. The SMILES string of the molecule is C=CCC(CC(=O)NC(CO)Cc1ccccc1)C(=O)NC(COC(=O)C(CC=C)NC(=O)OCc1ccccc1)C(C)(C)C. The first-order valence-corrected chi connectivity index (χ1v) is 15.1. The summed E-state index contributed by atoms with van der Waals surface area (Å²) in [4.78, 5) is 51.6. The molecular weight excluding hydrogens is 574 g/mol. The number of benzene rings is 2. The second-order valence-electron chi connectivity index (χ2n) is 11.9. The molecule has 4 atom stereocenters. The molecule has 0 radical (unpaired) electrons. The fourth-order valence-electron chi connectivity index (χ4n) is 4.41. The predicted octanol–water partition coefficient (Wildman–Crippen LogP) is 4.23. The number of ether oxygens (including phenoxy) is 2. The van der Waals surface area contributed by atoms with Gasteiger partial charge in [-0.05, 0) is 35.8 Å². The van der Waals surface area contributed by atoms with Crippen molar-refractivity contribution in [3.05, 3.63) is 97.1 Å². The molecule has 0 aliphatic heterocycles. The second-order valence-corrected chi connectivity index (χ2v) is 11.9. The Bertz CT molecular complexity index is 1240. The fourth-order valence-corrected chi connectivity index (χ4v) is 4.41. The molecule has 2 rings (SSSR count). The van der Waals surface area contributed by atoms with Crippen LogP contribution in [0.5, 0.6) is 0 Å². The zero-order valence-electron chi connectivity index (χ0n) is 26.5. The van der Waals surface area contributed by atoms with Crippen LogP contribution in [-0.2, 0) is 36.9 Å². The number of carbonyl (C=O) groups excluding carboxylic acids is 4. The van der Waals surface area contributed by atoms with Gasteiger partial charge >= 0.3 is 12.1 Å². The van der Waals surface area contributed by atoms with Gasteiger partial charge in [-0.25, -0.2) is 9.59 Å². The van der Waals surface area contributed by atoms with Gasteiger partial charge in [0.2, 0.25) is 11.8 Å². The maximum atomic E-state index is 13.4. The van der Waals surface area contributed by atoms with E-state index in [0.717, 1.165) is 11.1 Å². The summed E-state index contributed by atoms with van der Waals surface area (Å²) in [6, 6.07) is 16.5. The van der Waals surface area contributed by atoms with E-state index in [2.05, 4.69) is 29.1 Å². The molecule has 0 bridgehead atoms. The Kier molecular flexibility index (Phi) is 15.6. The molecule has 0 fully saturated rings. The predicted molar refractivity (Wildman–Crippen MR) is 173 cm³/mol. The molecule has 4 N–H and O–H groups in total. The third-order valence-corrected chi connectivity index (χ3v) is 7.11. The van der Waals surface area contributed by atoms with E-state index in [-0.39, 0.29) is 45.0 Å². The highest BCUT2D eigenvalue weighted by Gasteiger charge is 2.32. The number of amides is 3. The third kappa shape index (κ3) is 13.8. The highest BCUT2D eigenvalue weighted by molar-refractivity contribution is 5.86. The molecule has 0 saturated heterocycles. The zero-order chi connectivity index (χ0) is 33.2. The van der Waals surface area contributed by atoms with E-state index in [1.165, 1.54) is 6.08 Å². The van der Waals surface area contributed by atoms with Gasteiger partial charge in [-0.3, -0.25) is 9.59 Å². The summed E-state index contributed by atoms with van der Waals surface area (Å²) in [7, 11) is 0. The first-order valence-electron chi connectivity index (χ1n) is 15.1. The van der Waals surface area contributed by atoms with Crippen molar-refractivity contribution in [2.45, 2.75) is 71.2 Å². The molecule has 244 valence electrons. The summed E-state index contributed by atoms with van der Waals surface area (Å²) in [6.07, 6.45) is 2.97. The summed E-state index contributed by atoms with van der Waals surface area (Å²) in [5, 5.41) is 18.1. The first kappa shape index (κ1) is 36.8. The second kappa shape index (κ2) is 19.1. The van der Waals surface area contributed by atoms with Gasteiger partial charge in [-0.2, -0.15) is 0 Å². The van der Waals surface area contributed by atoms with Crippen LogP contribution in [-0.4, -0.2) is 60.3 Å². The van der Waals surface area contributed by atoms with Gasteiger partial charge < -0.3 is 30.5 Å². The van der Waals surface area contributed by atoms with Crippen LogP contribution in [0.1, 0.15) is 51.2 Å². The van der Waals surface area contributed by atoms with Crippen LogP contribution in [0.4, 0.5) is 4.79 Å². The molecule has 45 heavy (non-hydrogen) atoms. The molecule has 4 unspecified atom stereocenters. The van der Waals surface area contributed by atoms with Crippen LogP contribution in [0.25, 0.3) is 0 Å². The standard InChI is InChI=1S/C35H47N3O7/c1-6-14-27(21-31(40)36-28(22-39)20-25-16-10-8-11-17-25)32(41)38-30(35(3,4)5)24-44-33(42)29(15-7-2)37-34(43)45-23-26-18-12-9-13-19-26/h6-13,16-19,27-30,39H,1-2,14-15,20-24H2,3-5H3,(H,36,40)(H,37,43)(H,38,41). The third-order valence-electron chi connectivity index (χ3n) is 7.11. The lowest BCUT2D eigenvalue weighted by Gasteiger charge is -2.32. The largest absolute Gasteiger partial charge is 0.462 e. The molecule has 0 aromatic heterocycles. The summed E-state index contributed by atoms with van der Waals surface area (Å²) in [5.74, 6) is -2.20. The Morgan fingerprint density at radius 1 is 0.844 bits per heavy atom. The molecule has 0 heterocycles. The van der Waals surface area contributed by atoms with Crippen LogP contribution in [0.3, 0.4) is 0 Å². The van der Waals surface area contributed by atoms with Crippen molar-refractivity contribution >= 4 is 23.9 Å². The van der Waals surface area contributed by atoms with E-state index in [1.807, 2.05) is 81.4 Å². The van der Waals surface area contributed by atoms with Crippen LogP contribution in [0.2, 0.25) is 0 Å². The monoisotopic (exact) mass is 621 g/mol. The minimum atomic E-state index is -1.03. The summed E-state index contributed by atoms with van der Waals surface area (Å²) in [5.41, 5.74) is 1.24. The highest BCUT2D eigenvalue weighted by Crippen LogP contribution is 2.22. The molecule has 2 aromatic carbocycles. The Morgan fingerprint density at radius 3 is 2.00 bits per heavy atom. The average Bonchev–Trinajstić information content (AvgIpc) is 3.01. The lowest BCUT2D eigenvalue weighted by Crippen LogP contribution is -2.51. The van der Waals surface area contributed by atoms with Gasteiger partial charge in [0.25, 0.3) is 0 Å². The lowest BCUT2D eigenvalue weighted by atomic mass is 9.86. The van der Waals surface area contributed by atoms with Gasteiger partial charge in [0.1, 0.15) is 19.3 Å². The van der Waals surface area contributed by atoms with Gasteiger partial charge in [0.05, 0.1) is 24.6 Å². The molecular formula is C35H47N3O7. The number of rotatable bonds is 18. The molecule has 0 saturated carbocycles. The molecule has 10 heteroatoms. The topological polar surface area (TPSA) is 143 Å². The van der Waals surface area contributed by atoms with Crippen molar-refractivity contribution in [2.75, 3.05) is 13.2 Å². The Labute approximate surface area is 266 Å². The molecule has 0 aliphatic rings. The summed E-state index contributed by atoms with van der Waals surface area (Å²) in [6.45, 7) is 12.7. The fraction of sp³-hybridized carbons (Fsp3) is 0.429. The Morgan fingerprint density at radius 2 is 1.44 bits per heavy atom. The van der Waals surface area contributed by atoms with E-state index >= 15 is 0 Å². The van der Waals surface area contributed by atoms with Crippen molar-refractivity contribution in [3.63, 3.8) is 0 Å². The molecule has 0 aliphatic carbocycles. The number of allylic oxidation sites excluding steroid dienone is 1. The number of carbonyl (C=O) groups is 4. The number of hydrogen-bond donors (Lipinski definition) is 4. The molecule has 2 aromatic rings. The quantitative estimate of drug-likeness (QED) is 0.144. The molecule has 0 spiro atoms. The number of nitrogens with one attached hydrogen (secondary N) is 3. The first-order chi connectivity index (χ1) is 21.5. The van der Waals surface area contributed by atoms with E-state index < -0.39 is 47.4 Å². The highest BCUT2D eigenvalue weighted by atomic mass is 16.6. The molecule has 3 amide bonds. The number of aliphatic hydroxyl groups is 1. The van der Waals surface area contributed by atoms with Crippen molar-refractivity contribution in [1.82, 2.24) is 16.0 Å². The van der Waals surface area contributed by atoms with E-state index in [1.54, 1.807) is 6.08 Å². The minimum absolute atomic E-state index is 0.0399. The lowest BCUT2D eigenvalue weighted by molar-refractivity contribution is -0.148. The Balaban J connectivity index is 1.98. The minimum Gasteiger partial charge on any atom is -0.462 e. The van der Waals surface area contributed by atoms with Crippen LogP contribution in [0.15, 0.2) is 86.0 Å². The van der Waals surface area contributed by atoms with E-state index in [4.69, 9.17) is 9.47 Å². The van der Waals surface area contributed by atoms with Crippen molar-refractivity contribution in [1.29, 1.82) is 0 Å². The number of aliphatic hydroxyl groups excluding tert-OH is 1. The smallest absolute Gasteiger partial charge is 0.408 e. The summed E-state index contributed by atoms with van der Waals surface area (Å²) < 4.78 is 10.8. The maximum Gasteiger partial charge on any atom is 0.408 e. The van der Waals surface area contributed by atoms with Gasteiger partial charge in [0, 0.05) is 6.42 Å². The molecule has 10 nitrogen and oxygen atoms in total. The van der Waals surface area contributed by atoms with Crippen LogP contribution >= 0.6 is 0 Å². The van der Waals surface area contributed by atoms with Gasteiger partial charge in [-0.1, -0.05) is 93.6 Å². The Hall–Kier alpha value is -4.44. The van der Waals surface area contributed by atoms with Crippen molar-refractivity contribution in [3.8, 4) is 0 Å². The van der Waals surface area contributed by atoms with Crippen molar-refractivity contribution < 1.29 is 33.8 Å². The zero-order valence-corrected chi connectivity index (χ0v) is 26.5. The van der Waals surface area contributed by atoms with Crippen LogP contribution < -0.4 is 16.0 Å². The van der Waals surface area contributed by atoms with Crippen molar-refractivity contribution in [2.24, 2.45) is 11.3 Å². The summed E-state index contributed by atoms with van der Waals surface area (Å²) >= 11 is 0. The van der Waals surface area contributed by atoms with Gasteiger partial charge in [-0.15, -0.1) is 13.2 Å².